The quantitative estimate of drug-likeness (QED) is 0.615. The van der Waals surface area contributed by atoms with E-state index < -0.39 is 0 Å². The van der Waals surface area contributed by atoms with Crippen molar-refractivity contribution in [1.29, 1.82) is 0 Å². The number of fused-ring (bicyclic) bond motifs is 1. The first kappa shape index (κ1) is 9.26. The van der Waals surface area contributed by atoms with Crippen molar-refractivity contribution in [2.75, 3.05) is 0 Å². The van der Waals surface area contributed by atoms with E-state index in [2.05, 4.69) is 26.8 Å². The highest BCUT2D eigenvalue weighted by molar-refractivity contribution is 5.25. The zero-order valence-corrected chi connectivity index (χ0v) is 9.04. The maximum Gasteiger partial charge on any atom is 0.0577 e. The van der Waals surface area contributed by atoms with Crippen molar-refractivity contribution < 1.29 is 5.11 Å². The Hall–Kier alpha value is -0.300. The fraction of sp³-hybridized carbons (Fsp3) is 0.833. The van der Waals surface area contributed by atoms with Crippen molar-refractivity contribution in [3.8, 4) is 0 Å². The molecule has 4 atom stereocenters. The van der Waals surface area contributed by atoms with Gasteiger partial charge < -0.3 is 5.11 Å². The van der Waals surface area contributed by atoms with Crippen LogP contribution in [0.3, 0.4) is 0 Å². The molecule has 0 bridgehead atoms. The molecular weight excluding hydrogens is 160 g/mol. The van der Waals surface area contributed by atoms with Crippen LogP contribution in [-0.4, -0.2) is 11.2 Å². The van der Waals surface area contributed by atoms with Gasteiger partial charge in [-0.15, -0.1) is 0 Å². The van der Waals surface area contributed by atoms with Gasteiger partial charge in [0.15, 0.2) is 0 Å². The van der Waals surface area contributed by atoms with Gasteiger partial charge >= 0.3 is 0 Å². The molecule has 74 valence electrons. The smallest absolute Gasteiger partial charge is 0.0577 e. The molecule has 1 heteroatoms. The van der Waals surface area contributed by atoms with Crippen molar-refractivity contribution in [3.05, 3.63) is 11.6 Å². The summed E-state index contributed by atoms with van der Waals surface area (Å²) in [5, 5.41) is 9.61. The molecule has 0 heterocycles. The molecule has 0 aromatic carbocycles. The molecule has 0 aromatic rings. The molecule has 0 aliphatic heterocycles. The molecule has 0 aromatic heterocycles. The summed E-state index contributed by atoms with van der Waals surface area (Å²) < 4.78 is 0. The Kier molecular flexibility index (Phi) is 1.85. The van der Waals surface area contributed by atoms with Gasteiger partial charge in [-0.2, -0.15) is 0 Å². The molecule has 1 fully saturated rings. The second-order valence-corrected chi connectivity index (χ2v) is 5.45. The Labute approximate surface area is 80.8 Å². The van der Waals surface area contributed by atoms with E-state index in [-0.39, 0.29) is 6.10 Å². The maximum absolute atomic E-state index is 9.61. The summed E-state index contributed by atoms with van der Waals surface area (Å²) in [5.74, 6) is 2.04. The minimum Gasteiger partial charge on any atom is -0.393 e. The molecule has 1 N–H and O–H groups in total. The molecule has 1 nitrogen and oxygen atoms in total. The summed E-state index contributed by atoms with van der Waals surface area (Å²) in [5.41, 5.74) is 1.91. The van der Waals surface area contributed by atoms with Crippen LogP contribution in [0.25, 0.3) is 0 Å². The lowest BCUT2D eigenvalue weighted by Gasteiger charge is -2.23. The van der Waals surface area contributed by atoms with Crippen LogP contribution >= 0.6 is 0 Å². The van der Waals surface area contributed by atoms with Crippen LogP contribution in [0.15, 0.2) is 11.6 Å². The van der Waals surface area contributed by atoms with Crippen LogP contribution in [-0.2, 0) is 0 Å². The third kappa shape index (κ3) is 1.25. The van der Waals surface area contributed by atoms with Crippen molar-refractivity contribution >= 4 is 0 Å². The predicted octanol–water partition coefficient (Wildman–Crippen LogP) is 2.61. The van der Waals surface area contributed by atoms with Crippen molar-refractivity contribution in [2.24, 2.45) is 23.2 Å². The van der Waals surface area contributed by atoms with Gasteiger partial charge in [0.1, 0.15) is 0 Å². The zero-order chi connectivity index (χ0) is 9.80. The fourth-order valence-corrected chi connectivity index (χ4v) is 3.01. The van der Waals surface area contributed by atoms with Crippen LogP contribution < -0.4 is 0 Å². The molecule has 2 aliphatic carbocycles. The molecule has 0 spiro atoms. The second-order valence-electron chi connectivity index (χ2n) is 5.45. The van der Waals surface area contributed by atoms with E-state index in [9.17, 15) is 5.11 Å². The molecule has 0 amide bonds. The van der Waals surface area contributed by atoms with Crippen LogP contribution in [0.2, 0.25) is 0 Å². The van der Waals surface area contributed by atoms with E-state index in [1.54, 1.807) is 0 Å². The first-order valence-electron chi connectivity index (χ1n) is 5.31. The number of aliphatic hydroxyl groups excluding tert-OH is 1. The monoisotopic (exact) mass is 180 g/mol. The van der Waals surface area contributed by atoms with E-state index in [4.69, 9.17) is 0 Å². The average molecular weight is 180 g/mol. The lowest BCUT2D eigenvalue weighted by molar-refractivity contribution is 0.130. The molecule has 1 saturated carbocycles. The summed E-state index contributed by atoms with van der Waals surface area (Å²) in [7, 11) is 0. The van der Waals surface area contributed by atoms with E-state index in [0.29, 0.717) is 11.3 Å². The fourth-order valence-electron chi connectivity index (χ4n) is 3.01. The summed E-state index contributed by atoms with van der Waals surface area (Å²) in [4.78, 5) is 0. The summed E-state index contributed by atoms with van der Waals surface area (Å²) in [6, 6.07) is 0. The normalized spacial score (nSPS) is 43.5. The van der Waals surface area contributed by atoms with Crippen LogP contribution in [0.1, 0.15) is 34.1 Å². The van der Waals surface area contributed by atoms with Gasteiger partial charge in [0, 0.05) is 5.92 Å². The number of allylic oxidation sites excluding steroid dienone is 1. The Morgan fingerprint density at radius 2 is 2.15 bits per heavy atom. The molecule has 2 aliphatic rings. The van der Waals surface area contributed by atoms with E-state index in [0.717, 1.165) is 11.8 Å². The standard InChI is InChI=1S/C12H20O/c1-7-5-10-11(12(10,3)4)6-9(7)8(2)13/h5,8-11,13H,6H2,1-4H3/t8?,9-,10-,11+/m0/s1. The highest BCUT2D eigenvalue weighted by Crippen LogP contribution is 2.64. The molecule has 13 heavy (non-hydrogen) atoms. The van der Waals surface area contributed by atoms with E-state index in [1.165, 1.54) is 12.0 Å². The third-order valence-corrected chi connectivity index (χ3v) is 4.26. The van der Waals surface area contributed by atoms with Gasteiger partial charge in [0.05, 0.1) is 6.10 Å². The van der Waals surface area contributed by atoms with Crippen molar-refractivity contribution in [2.45, 2.75) is 40.2 Å². The van der Waals surface area contributed by atoms with Gasteiger partial charge in [-0.1, -0.05) is 25.5 Å². The Balaban J connectivity index is 2.17. The summed E-state index contributed by atoms with van der Waals surface area (Å²) in [6.45, 7) is 8.77. The van der Waals surface area contributed by atoms with Gasteiger partial charge in [-0.25, -0.2) is 0 Å². The summed E-state index contributed by atoms with van der Waals surface area (Å²) in [6.07, 6.45) is 3.41. The molecule has 2 rings (SSSR count). The summed E-state index contributed by atoms with van der Waals surface area (Å²) >= 11 is 0. The van der Waals surface area contributed by atoms with Gasteiger partial charge in [-0.3, -0.25) is 0 Å². The second kappa shape index (κ2) is 2.60. The van der Waals surface area contributed by atoms with Gasteiger partial charge in [-0.05, 0) is 37.5 Å². The van der Waals surface area contributed by atoms with Gasteiger partial charge in [0.2, 0.25) is 0 Å². The molecular formula is C12H20O. The lowest BCUT2D eigenvalue weighted by Crippen LogP contribution is -2.21. The highest BCUT2D eigenvalue weighted by atomic mass is 16.3. The predicted molar refractivity (Wildman–Crippen MR) is 54.3 cm³/mol. The average Bonchev–Trinajstić information content (AvgIpc) is 2.52. The Bertz CT molecular complexity index is 250. The Morgan fingerprint density at radius 1 is 1.54 bits per heavy atom. The topological polar surface area (TPSA) is 20.2 Å². The largest absolute Gasteiger partial charge is 0.393 e. The highest BCUT2D eigenvalue weighted by Gasteiger charge is 2.58. The number of hydrogen-bond donors (Lipinski definition) is 1. The number of rotatable bonds is 1. The minimum atomic E-state index is -0.173. The van der Waals surface area contributed by atoms with Crippen LogP contribution in [0, 0.1) is 23.2 Å². The molecule has 0 saturated heterocycles. The zero-order valence-electron chi connectivity index (χ0n) is 9.04. The maximum atomic E-state index is 9.61. The van der Waals surface area contributed by atoms with Crippen molar-refractivity contribution in [1.82, 2.24) is 0 Å². The van der Waals surface area contributed by atoms with Crippen LogP contribution in [0.4, 0.5) is 0 Å². The van der Waals surface area contributed by atoms with E-state index in [1.807, 2.05) is 6.92 Å². The molecule has 0 radical (unpaired) electrons. The first-order chi connectivity index (χ1) is 5.94. The first-order valence-corrected chi connectivity index (χ1v) is 5.31. The van der Waals surface area contributed by atoms with Gasteiger partial charge in [0.25, 0.3) is 0 Å². The van der Waals surface area contributed by atoms with Crippen molar-refractivity contribution in [3.63, 3.8) is 0 Å². The SMILES string of the molecule is CC1=C[C@H]2[C@@H](C[C@@H]1C(C)O)C2(C)C. The number of hydrogen-bond acceptors (Lipinski definition) is 1. The van der Waals surface area contributed by atoms with Crippen LogP contribution in [0.5, 0.6) is 0 Å². The minimum absolute atomic E-state index is 0.173. The lowest BCUT2D eigenvalue weighted by atomic mass is 9.85. The molecule has 1 unspecified atom stereocenters. The van der Waals surface area contributed by atoms with E-state index >= 15 is 0 Å². The Morgan fingerprint density at radius 3 is 2.69 bits per heavy atom. The number of aliphatic hydroxyl groups is 1. The third-order valence-electron chi connectivity index (χ3n) is 4.26.